The number of ether oxygens (including phenoxy) is 1. The Morgan fingerprint density at radius 2 is 2.07 bits per heavy atom. The molecule has 0 spiro atoms. The van der Waals surface area contributed by atoms with E-state index in [1.165, 1.54) is 24.3 Å². The molecule has 0 bridgehead atoms. The van der Waals surface area contributed by atoms with Crippen LogP contribution in [0.5, 0.6) is 5.75 Å². The largest absolute Gasteiger partial charge is 0.494 e. The lowest BCUT2D eigenvalue weighted by molar-refractivity contribution is -0.141. The van der Waals surface area contributed by atoms with E-state index in [9.17, 15) is 9.18 Å². The molecule has 1 atom stereocenters. The van der Waals surface area contributed by atoms with Crippen LogP contribution in [0.2, 0.25) is 0 Å². The van der Waals surface area contributed by atoms with Crippen LogP contribution in [-0.2, 0) is 4.79 Å². The zero-order chi connectivity index (χ0) is 11.3. The zero-order valence-electron chi connectivity index (χ0n) is 8.44. The van der Waals surface area contributed by atoms with Gasteiger partial charge in [0, 0.05) is 0 Å². The van der Waals surface area contributed by atoms with Crippen molar-refractivity contribution in [2.24, 2.45) is 5.92 Å². The molecule has 1 aromatic carbocycles. The van der Waals surface area contributed by atoms with E-state index in [1.807, 2.05) is 0 Å². The SMILES string of the molecule is CC(CCOc1ccc(F)cc1)C(=O)O. The van der Waals surface area contributed by atoms with Gasteiger partial charge in [0.1, 0.15) is 11.6 Å². The minimum absolute atomic E-state index is 0.318. The maximum Gasteiger partial charge on any atom is 0.306 e. The average Bonchev–Trinajstić information content (AvgIpc) is 2.20. The molecule has 0 aliphatic carbocycles. The van der Waals surface area contributed by atoms with Crippen molar-refractivity contribution in [3.63, 3.8) is 0 Å². The van der Waals surface area contributed by atoms with Crippen molar-refractivity contribution in [3.8, 4) is 5.75 Å². The van der Waals surface area contributed by atoms with Crippen LogP contribution in [0.1, 0.15) is 13.3 Å². The number of benzene rings is 1. The maximum absolute atomic E-state index is 12.5. The minimum atomic E-state index is -0.835. The summed E-state index contributed by atoms with van der Waals surface area (Å²) in [5.41, 5.74) is 0. The molecule has 0 heterocycles. The lowest BCUT2D eigenvalue weighted by atomic mass is 10.1. The van der Waals surface area contributed by atoms with Crippen LogP contribution in [0.15, 0.2) is 24.3 Å². The maximum atomic E-state index is 12.5. The van der Waals surface area contributed by atoms with Crippen molar-refractivity contribution in [3.05, 3.63) is 30.1 Å². The molecule has 0 aromatic heterocycles. The Bertz CT molecular complexity index is 321. The van der Waals surface area contributed by atoms with Crippen molar-refractivity contribution in [1.82, 2.24) is 0 Å². The van der Waals surface area contributed by atoms with Gasteiger partial charge in [0.15, 0.2) is 0 Å². The highest BCUT2D eigenvalue weighted by molar-refractivity contribution is 5.69. The minimum Gasteiger partial charge on any atom is -0.494 e. The Morgan fingerprint density at radius 1 is 1.47 bits per heavy atom. The summed E-state index contributed by atoms with van der Waals surface area (Å²) in [7, 11) is 0. The Balaban J connectivity index is 2.32. The van der Waals surface area contributed by atoms with Crippen molar-refractivity contribution in [2.45, 2.75) is 13.3 Å². The van der Waals surface area contributed by atoms with Gasteiger partial charge in [-0.25, -0.2) is 4.39 Å². The summed E-state index contributed by atoms with van der Waals surface area (Å²) < 4.78 is 17.8. The molecular formula is C11H13FO3. The lowest BCUT2D eigenvalue weighted by Crippen LogP contribution is -2.13. The van der Waals surface area contributed by atoms with E-state index >= 15 is 0 Å². The average molecular weight is 212 g/mol. The third kappa shape index (κ3) is 3.97. The smallest absolute Gasteiger partial charge is 0.306 e. The first-order valence-corrected chi connectivity index (χ1v) is 4.71. The fraction of sp³-hybridized carbons (Fsp3) is 0.364. The molecule has 0 saturated heterocycles. The predicted molar refractivity (Wildman–Crippen MR) is 53.3 cm³/mol. The standard InChI is InChI=1S/C11H13FO3/c1-8(11(13)14)6-7-15-10-4-2-9(12)3-5-10/h2-5,8H,6-7H2,1H3,(H,13,14). The molecule has 0 aliphatic heterocycles. The Kier molecular flexibility index (Phi) is 4.09. The van der Waals surface area contributed by atoms with E-state index in [2.05, 4.69) is 0 Å². The van der Waals surface area contributed by atoms with E-state index in [0.717, 1.165) is 0 Å². The third-order valence-corrected chi connectivity index (χ3v) is 2.05. The molecule has 4 heteroatoms. The molecule has 0 radical (unpaired) electrons. The fourth-order valence-electron chi connectivity index (χ4n) is 1.01. The van der Waals surface area contributed by atoms with Gasteiger partial charge in [0.25, 0.3) is 0 Å². The topological polar surface area (TPSA) is 46.5 Å². The highest BCUT2D eigenvalue weighted by atomic mass is 19.1. The number of hydrogen-bond acceptors (Lipinski definition) is 2. The number of carbonyl (C=O) groups is 1. The summed E-state index contributed by atoms with van der Waals surface area (Å²) in [5, 5.41) is 8.61. The van der Waals surface area contributed by atoms with Gasteiger partial charge < -0.3 is 9.84 Å². The monoisotopic (exact) mass is 212 g/mol. The van der Waals surface area contributed by atoms with Crippen LogP contribution in [0.3, 0.4) is 0 Å². The number of rotatable bonds is 5. The van der Waals surface area contributed by atoms with Crippen LogP contribution in [-0.4, -0.2) is 17.7 Å². The molecule has 15 heavy (non-hydrogen) atoms. The molecule has 1 aromatic rings. The van der Waals surface area contributed by atoms with Gasteiger partial charge in [-0.05, 0) is 30.7 Å². The van der Waals surface area contributed by atoms with Gasteiger partial charge in [-0.3, -0.25) is 4.79 Å². The summed E-state index contributed by atoms with van der Waals surface area (Å²) in [6.07, 6.45) is 0.437. The van der Waals surface area contributed by atoms with Gasteiger partial charge in [-0.15, -0.1) is 0 Å². The molecule has 82 valence electrons. The van der Waals surface area contributed by atoms with Crippen molar-refractivity contribution in [2.75, 3.05) is 6.61 Å². The number of halogens is 1. The second-order valence-corrected chi connectivity index (χ2v) is 3.33. The number of carboxylic acids is 1. The highest BCUT2D eigenvalue weighted by Crippen LogP contribution is 2.12. The molecular weight excluding hydrogens is 199 g/mol. The van der Waals surface area contributed by atoms with Crippen molar-refractivity contribution in [1.29, 1.82) is 0 Å². The Hall–Kier alpha value is -1.58. The predicted octanol–water partition coefficient (Wildman–Crippen LogP) is 2.32. The quantitative estimate of drug-likeness (QED) is 0.814. The molecule has 1 rings (SSSR count). The van der Waals surface area contributed by atoms with Crippen LogP contribution in [0.25, 0.3) is 0 Å². The lowest BCUT2D eigenvalue weighted by Gasteiger charge is -2.08. The summed E-state index contributed by atoms with van der Waals surface area (Å²) in [6.45, 7) is 1.94. The first-order chi connectivity index (χ1) is 7.09. The molecule has 0 saturated carbocycles. The molecule has 0 aliphatic rings. The number of hydrogen-bond donors (Lipinski definition) is 1. The van der Waals surface area contributed by atoms with E-state index in [4.69, 9.17) is 9.84 Å². The summed E-state index contributed by atoms with van der Waals surface area (Å²) in [5.74, 6) is -1.03. The van der Waals surface area contributed by atoms with Gasteiger partial charge in [-0.2, -0.15) is 0 Å². The van der Waals surface area contributed by atoms with E-state index < -0.39 is 11.9 Å². The molecule has 1 unspecified atom stereocenters. The second-order valence-electron chi connectivity index (χ2n) is 3.33. The summed E-state index contributed by atoms with van der Waals surface area (Å²) in [4.78, 5) is 10.5. The molecule has 3 nitrogen and oxygen atoms in total. The van der Waals surface area contributed by atoms with Gasteiger partial charge in [-0.1, -0.05) is 6.92 Å². The van der Waals surface area contributed by atoms with Crippen LogP contribution in [0, 0.1) is 11.7 Å². The Labute approximate surface area is 87.5 Å². The van der Waals surface area contributed by atoms with E-state index in [-0.39, 0.29) is 5.82 Å². The van der Waals surface area contributed by atoms with Crippen LogP contribution >= 0.6 is 0 Å². The first-order valence-electron chi connectivity index (χ1n) is 4.71. The zero-order valence-corrected chi connectivity index (χ0v) is 8.44. The van der Waals surface area contributed by atoms with Gasteiger partial charge in [0.2, 0.25) is 0 Å². The molecule has 0 fully saturated rings. The normalized spacial score (nSPS) is 12.1. The Morgan fingerprint density at radius 3 is 2.60 bits per heavy atom. The van der Waals surface area contributed by atoms with E-state index in [0.29, 0.717) is 18.8 Å². The number of aliphatic carboxylic acids is 1. The molecule has 0 amide bonds. The fourth-order valence-corrected chi connectivity index (χ4v) is 1.01. The van der Waals surface area contributed by atoms with E-state index in [1.54, 1.807) is 6.92 Å². The van der Waals surface area contributed by atoms with Gasteiger partial charge in [0.05, 0.1) is 12.5 Å². The molecule has 1 N–H and O–H groups in total. The highest BCUT2D eigenvalue weighted by Gasteiger charge is 2.10. The summed E-state index contributed by atoms with van der Waals surface area (Å²) >= 11 is 0. The second kappa shape index (κ2) is 5.34. The van der Waals surface area contributed by atoms with Crippen molar-refractivity contribution >= 4 is 5.97 Å². The van der Waals surface area contributed by atoms with Crippen LogP contribution < -0.4 is 4.74 Å². The van der Waals surface area contributed by atoms with Crippen molar-refractivity contribution < 1.29 is 19.0 Å². The first kappa shape index (κ1) is 11.5. The summed E-state index contributed by atoms with van der Waals surface area (Å²) in [6, 6.07) is 5.63. The third-order valence-electron chi connectivity index (χ3n) is 2.05. The number of carboxylic acid groups (broad SMARTS) is 1. The van der Waals surface area contributed by atoms with Crippen LogP contribution in [0.4, 0.5) is 4.39 Å². The van der Waals surface area contributed by atoms with Gasteiger partial charge >= 0.3 is 5.97 Å².